The molecule has 2 atom stereocenters. The summed E-state index contributed by atoms with van der Waals surface area (Å²) in [6.45, 7) is 8.10. The van der Waals surface area contributed by atoms with Gasteiger partial charge in [-0.05, 0) is 19.8 Å². The predicted molar refractivity (Wildman–Crippen MR) is 79.9 cm³/mol. The summed E-state index contributed by atoms with van der Waals surface area (Å²) in [5.41, 5.74) is -0.224. The average molecular weight is 297 g/mol. The molecule has 2 rings (SSSR count). The fourth-order valence-electron chi connectivity index (χ4n) is 2.30. The number of nitrogens with one attached hydrogen (secondary N) is 1. The van der Waals surface area contributed by atoms with Crippen LogP contribution in [0.1, 0.15) is 44.7 Å². The number of thiazole rings is 1. The highest BCUT2D eigenvalue weighted by atomic mass is 32.1. The van der Waals surface area contributed by atoms with Crippen LogP contribution in [-0.4, -0.2) is 41.2 Å². The van der Waals surface area contributed by atoms with Crippen molar-refractivity contribution in [3.8, 4) is 0 Å². The van der Waals surface area contributed by atoms with Gasteiger partial charge in [0.05, 0.1) is 24.8 Å². The molecule has 0 spiro atoms. The quantitative estimate of drug-likeness (QED) is 0.929. The molecule has 2 heterocycles. The van der Waals surface area contributed by atoms with Crippen LogP contribution in [0, 0.1) is 0 Å². The molecule has 20 heavy (non-hydrogen) atoms. The van der Waals surface area contributed by atoms with Gasteiger partial charge in [0.1, 0.15) is 5.01 Å². The van der Waals surface area contributed by atoms with E-state index in [1.807, 2.05) is 10.3 Å². The lowest BCUT2D eigenvalue weighted by molar-refractivity contribution is -0.0874. The van der Waals surface area contributed by atoms with Crippen molar-refractivity contribution >= 4 is 17.4 Å². The number of rotatable bonds is 4. The molecule has 1 fully saturated rings. The zero-order valence-corrected chi connectivity index (χ0v) is 13.2. The predicted octanol–water partition coefficient (Wildman–Crippen LogP) is 2.80. The number of morpholine rings is 1. The van der Waals surface area contributed by atoms with Crippen LogP contribution >= 0.6 is 11.3 Å². The van der Waals surface area contributed by atoms with Crippen LogP contribution in [0.15, 0.2) is 11.6 Å². The molecule has 1 aromatic rings. The van der Waals surface area contributed by atoms with Crippen molar-refractivity contribution in [2.75, 3.05) is 19.7 Å². The van der Waals surface area contributed by atoms with Crippen molar-refractivity contribution in [2.24, 2.45) is 0 Å². The molecular formula is C14H23N3O2S. The van der Waals surface area contributed by atoms with Gasteiger partial charge < -0.3 is 15.0 Å². The first kappa shape index (κ1) is 15.3. The highest BCUT2D eigenvalue weighted by Crippen LogP contribution is 2.23. The molecule has 1 aliphatic heterocycles. The van der Waals surface area contributed by atoms with Crippen LogP contribution in [0.25, 0.3) is 0 Å². The van der Waals surface area contributed by atoms with E-state index in [1.54, 1.807) is 17.5 Å². The van der Waals surface area contributed by atoms with Gasteiger partial charge in [-0.3, -0.25) is 0 Å². The number of hydrogen-bond donors (Lipinski definition) is 1. The minimum atomic E-state index is -0.224. The number of ether oxygens (including phenoxy) is 1. The molecule has 6 heteroatoms. The maximum atomic E-state index is 12.4. The van der Waals surface area contributed by atoms with Gasteiger partial charge >= 0.3 is 6.03 Å². The Morgan fingerprint density at radius 2 is 2.45 bits per heavy atom. The highest BCUT2D eigenvalue weighted by molar-refractivity contribution is 7.09. The summed E-state index contributed by atoms with van der Waals surface area (Å²) in [4.78, 5) is 18.5. The van der Waals surface area contributed by atoms with Crippen LogP contribution in [-0.2, 0) is 4.74 Å². The van der Waals surface area contributed by atoms with Gasteiger partial charge in [0.15, 0.2) is 0 Å². The molecule has 0 bridgehead atoms. The highest BCUT2D eigenvalue weighted by Gasteiger charge is 2.33. The molecule has 0 radical (unpaired) electrons. The molecule has 5 nitrogen and oxygen atoms in total. The first-order valence-electron chi connectivity index (χ1n) is 7.16. The molecule has 0 aromatic carbocycles. The smallest absolute Gasteiger partial charge is 0.318 e. The number of aromatic nitrogens is 1. The maximum absolute atomic E-state index is 12.4. The Kier molecular flexibility index (Phi) is 4.99. The lowest BCUT2D eigenvalue weighted by Gasteiger charge is -2.40. The van der Waals surface area contributed by atoms with E-state index in [0.717, 1.165) is 17.8 Å². The van der Waals surface area contributed by atoms with E-state index in [0.29, 0.717) is 19.7 Å². The van der Waals surface area contributed by atoms with E-state index in [-0.39, 0.29) is 17.7 Å². The van der Waals surface area contributed by atoms with Crippen molar-refractivity contribution in [1.82, 2.24) is 15.2 Å². The van der Waals surface area contributed by atoms with Crippen LogP contribution in [0.3, 0.4) is 0 Å². The van der Waals surface area contributed by atoms with E-state index in [9.17, 15) is 4.79 Å². The van der Waals surface area contributed by atoms with Crippen LogP contribution < -0.4 is 5.32 Å². The Morgan fingerprint density at radius 3 is 3.05 bits per heavy atom. The molecule has 1 aliphatic rings. The molecule has 112 valence electrons. The Labute approximate surface area is 124 Å². The lowest BCUT2D eigenvalue weighted by atomic mass is 10.0. The van der Waals surface area contributed by atoms with Crippen LogP contribution in [0.5, 0.6) is 0 Å². The summed E-state index contributed by atoms with van der Waals surface area (Å²) >= 11 is 1.58. The summed E-state index contributed by atoms with van der Waals surface area (Å²) in [6, 6.07) is -0.0201. The third-order valence-corrected chi connectivity index (χ3v) is 4.72. The van der Waals surface area contributed by atoms with Gasteiger partial charge in [-0.1, -0.05) is 13.8 Å². The molecule has 1 saturated heterocycles. The zero-order valence-electron chi connectivity index (χ0n) is 12.4. The van der Waals surface area contributed by atoms with Gasteiger partial charge in [0.2, 0.25) is 0 Å². The molecule has 2 amide bonds. The second kappa shape index (κ2) is 6.54. The number of nitrogens with zero attached hydrogens (tertiary/aromatic N) is 2. The number of amides is 2. The van der Waals surface area contributed by atoms with Crippen LogP contribution in [0.4, 0.5) is 4.79 Å². The molecule has 1 aromatic heterocycles. The van der Waals surface area contributed by atoms with Gasteiger partial charge in [-0.25, -0.2) is 9.78 Å². The molecule has 0 saturated carbocycles. The third-order valence-electron chi connectivity index (χ3n) is 3.83. The summed E-state index contributed by atoms with van der Waals surface area (Å²) < 4.78 is 5.77. The fraction of sp³-hybridized carbons (Fsp3) is 0.714. The Hall–Kier alpha value is -1.14. The molecule has 0 aliphatic carbocycles. The number of carbonyl (C=O) groups is 1. The van der Waals surface area contributed by atoms with Crippen LogP contribution in [0.2, 0.25) is 0 Å². The third kappa shape index (κ3) is 3.49. The zero-order chi connectivity index (χ0) is 14.6. The van der Waals surface area contributed by atoms with Gasteiger partial charge in [-0.2, -0.15) is 0 Å². The Bertz CT molecular complexity index is 438. The van der Waals surface area contributed by atoms with Crippen molar-refractivity contribution in [3.05, 3.63) is 16.6 Å². The second-order valence-corrected chi connectivity index (χ2v) is 6.28. The molecule has 1 N–H and O–H groups in total. The van der Waals surface area contributed by atoms with E-state index in [2.05, 4.69) is 31.1 Å². The largest absolute Gasteiger partial charge is 0.372 e. The summed E-state index contributed by atoms with van der Waals surface area (Å²) in [5, 5.41) is 5.98. The molecule has 0 unspecified atom stereocenters. The summed E-state index contributed by atoms with van der Waals surface area (Å²) in [5.74, 6) is 0. The van der Waals surface area contributed by atoms with Gasteiger partial charge in [0.25, 0.3) is 0 Å². The minimum absolute atomic E-state index is 0.00164. The first-order valence-corrected chi connectivity index (χ1v) is 8.04. The summed E-state index contributed by atoms with van der Waals surface area (Å²) in [6.07, 6.45) is 3.52. The topological polar surface area (TPSA) is 54.5 Å². The van der Waals surface area contributed by atoms with Gasteiger partial charge in [-0.15, -0.1) is 11.3 Å². The van der Waals surface area contributed by atoms with E-state index in [4.69, 9.17) is 4.74 Å². The fourth-order valence-corrected chi connectivity index (χ4v) is 3.08. The number of hydrogen-bond acceptors (Lipinski definition) is 4. The Balaban J connectivity index is 1.97. The number of urea groups is 1. The van der Waals surface area contributed by atoms with Crippen molar-refractivity contribution < 1.29 is 9.53 Å². The van der Waals surface area contributed by atoms with Crippen molar-refractivity contribution in [3.63, 3.8) is 0 Å². The van der Waals surface area contributed by atoms with Crippen molar-refractivity contribution in [1.29, 1.82) is 0 Å². The van der Waals surface area contributed by atoms with E-state index < -0.39 is 0 Å². The normalized spacial score (nSPS) is 24.4. The van der Waals surface area contributed by atoms with E-state index >= 15 is 0 Å². The first-order chi connectivity index (χ1) is 9.58. The maximum Gasteiger partial charge on any atom is 0.318 e. The lowest BCUT2D eigenvalue weighted by Crippen LogP contribution is -2.54. The number of carbonyl (C=O) groups excluding carboxylic acids is 1. The monoisotopic (exact) mass is 297 g/mol. The average Bonchev–Trinajstić information content (AvgIpc) is 2.98. The SMILES string of the molecule is CC[C@@H](NC(=O)N1CCO[C@@](C)(CC)C1)c1nccs1. The summed E-state index contributed by atoms with van der Waals surface area (Å²) in [7, 11) is 0. The minimum Gasteiger partial charge on any atom is -0.372 e. The van der Waals surface area contributed by atoms with E-state index in [1.165, 1.54) is 0 Å². The molecular weight excluding hydrogens is 274 g/mol. The van der Waals surface area contributed by atoms with Crippen molar-refractivity contribution in [2.45, 2.75) is 45.3 Å². The second-order valence-electron chi connectivity index (χ2n) is 5.35. The standard InChI is InChI=1S/C14H23N3O2S/c1-4-11(12-15-6-9-20-12)16-13(18)17-7-8-19-14(3,5-2)10-17/h6,9,11H,4-5,7-8,10H2,1-3H3,(H,16,18)/t11-,14+/m1/s1. The Morgan fingerprint density at radius 1 is 1.65 bits per heavy atom. The van der Waals surface area contributed by atoms with Gasteiger partial charge in [0, 0.05) is 18.1 Å².